The molecule has 0 fully saturated rings. The maximum absolute atomic E-state index is 11.1. The molecule has 1 N–H and O–H groups in total. The van der Waals surface area contributed by atoms with Crippen LogP contribution in [0.25, 0.3) is 0 Å². The highest BCUT2D eigenvalue weighted by Gasteiger charge is 2.02. The summed E-state index contributed by atoms with van der Waals surface area (Å²) in [4.78, 5) is 12.7. The molecule has 0 aromatic carbocycles. The molecule has 0 aromatic heterocycles. The van der Waals surface area contributed by atoms with Crippen LogP contribution in [-0.4, -0.2) is 38.0 Å². The average molecular weight is 172 g/mol. The van der Waals surface area contributed by atoms with Gasteiger partial charge in [0.05, 0.1) is 0 Å². The van der Waals surface area contributed by atoms with E-state index in [9.17, 15) is 4.79 Å². The molecule has 0 aromatic rings. The number of nitrogens with zero attached hydrogens (tertiary/aromatic N) is 1. The van der Waals surface area contributed by atoms with Crippen LogP contribution >= 0.6 is 0 Å². The molecule has 3 heteroatoms. The molecule has 3 nitrogen and oxygen atoms in total. The van der Waals surface area contributed by atoms with Crippen LogP contribution in [0.1, 0.15) is 20.3 Å². The Kier molecular flexibility index (Phi) is 5.72. The van der Waals surface area contributed by atoms with Crippen molar-refractivity contribution in [2.24, 2.45) is 5.92 Å². The minimum absolute atomic E-state index is 0.186. The van der Waals surface area contributed by atoms with Gasteiger partial charge in [0.2, 0.25) is 5.91 Å². The van der Waals surface area contributed by atoms with Crippen molar-refractivity contribution in [2.75, 3.05) is 27.2 Å². The molecule has 0 aliphatic rings. The lowest BCUT2D eigenvalue weighted by Crippen LogP contribution is -2.28. The van der Waals surface area contributed by atoms with Gasteiger partial charge in [0.1, 0.15) is 0 Å². The van der Waals surface area contributed by atoms with Crippen molar-refractivity contribution in [3.05, 3.63) is 0 Å². The summed E-state index contributed by atoms with van der Waals surface area (Å²) in [5.74, 6) is 0.839. The second-order valence-electron chi connectivity index (χ2n) is 3.64. The Morgan fingerprint density at radius 1 is 1.42 bits per heavy atom. The molecule has 72 valence electrons. The summed E-state index contributed by atoms with van der Waals surface area (Å²) in [5, 5.41) is 3.22. The van der Waals surface area contributed by atoms with E-state index in [0.717, 1.165) is 13.1 Å². The summed E-state index contributed by atoms with van der Waals surface area (Å²) in [7, 11) is 3.57. The van der Waals surface area contributed by atoms with Gasteiger partial charge >= 0.3 is 0 Å². The largest absolute Gasteiger partial charge is 0.349 e. The predicted octanol–water partition coefficient (Wildman–Crippen LogP) is 0.710. The molecule has 0 aliphatic heterocycles. The third-order valence-corrected chi connectivity index (χ3v) is 1.57. The highest BCUT2D eigenvalue weighted by atomic mass is 16.2. The van der Waals surface area contributed by atoms with E-state index < -0.39 is 0 Å². The van der Waals surface area contributed by atoms with Crippen LogP contribution in [-0.2, 0) is 4.79 Å². The van der Waals surface area contributed by atoms with Crippen LogP contribution in [0.3, 0.4) is 0 Å². The number of carbonyl (C=O) groups excluding carboxylic acids is 1. The summed E-state index contributed by atoms with van der Waals surface area (Å²) in [6.45, 7) is 6.08. The maximum atomic E-state index is 11.1. The molecule has 0 rings (SSSR count). The summed E-state index contributed by atoms with van der Waals surface area (Å²) < 4.78 is 0. The van der Waals surface area contributed by atoms with Gasteiger partial charge in [-0.05, 0) is 12.5 Å². The van der Waals surface area contributed by atoms with E-state index in [4.69, 9.17) is 0 Å². The number of nitrogens with one attached hydrogen (secondary N) is 1. The zero-order valence-electron chi connectivity index (χ0n) is 8.55. The van der Waals surface area contributed by atoms with Gasteiger partial charge in [0.25, 0.3) is 0 Å². The van der Waals surface area contributed by atoms with Crippen LogP contribution in [0.4, 0.5) is 0 Å². The lowest BCUT2D eigenvalue weighted by molar-refractivity contribution is -0.128. The normalized spacial score (nSPS) is 10.4. The minimum Gasteiger partial charge on any atom is -0.349 e. The van der Waals surface area contributed by atoms with E-state index in [-0.39, 0.29) is 5.91 Å². The minimum atomic E-state index is 0.186. The second-order valence-corrected chi connectivity index (χ2v) is 3.64. The third-order valence-electron chi connectivity index (χ3n) is 1.57. The summed E-state index contributed by atoms with van der Waals surface area (Å²) >= 11 is 0. The van der Waals surface area contributed by atoms with Crippen molar-refractivity contribution in [1.29, 1.82) is 0 Å². The molecule has 0 bridgehead atoms. The molecule has 1 amide bonds. The number of rotatable bonds is 5. The average Bonchev–Trinajstić information content (AvgIpc) is 1.97. The van der Waals surface area contributed by atoms with Crippen molar-refractivity contribution in [3.63, 3.8) is 0 Å². The smallest absolute Gasteiger partial charge is 0.223 e. The van der Waals surface area contributed by atoms with Gasteiger partial charge in [-0.15, -0.1) is 0 Å². The van der Waals surface area contributed by atoms with E-state index in [2.05, 4.69) is 19.2 Å². The molecule has 12 heavy (non-hydrogen) atoms. The molecule has 0 atom stereocenters. The van der Waals surface area contributed by atoms with Crippen molar-refractivity contribution < 1.29 is 4.79 Å². The Bertz CT molecular complexity index is 132. The first-order valence-corrected chi connectivity index (χ1v) is 4.45. The Morgan fingerprint density at radius 3 is 2.42 bits per heavy atom. The molecule has 0 radical (unpaired) electrons. The fourth-order valence-electron chi connectivity index (χ4n) is 0.810. The molecule has 0 unspecified atom stereocenters. The fraction of sp³-hybridized carbons (Fsp3) is 0.889. The molecule has 0 saturated heterocycles. The number of hydrogen-bond donors (Lipinski definition) is 1. The van der Waals surface area contributed by atoms with Crippen molar-refractivity contribution >= 4 is 5.91 Å². The van der Waals surface area contributed by atoms with Gasteiger partial charge in [-0.1, -0.05) is 13.8 Å². The van der Waals surface area contributed by atoms with E-state index in [1.807, 2.05) is 0 Å². The fourth-order valence-corrected chi connectivity index (χ4v) is 0.810. The number of amides is 1. The molecule has 0 heterocycles. The van der Waals surface area contributed by atoms with E-state index in [1.54, 1.807) is 19.0 Å². The molecule has 0 spiro atoms. The predicted molar refractivity (Wildman–Crippen MR) is 51.0 cm³/mol. The van der Waals surface area contributed by atoms with Crippen LogP contribution in [0.15, 0.2) is 0 Å². The van der Waals surface area contributed by atoms with Crippen molar-refractivity contribution in [1.82, 2.24) is 10.2 Å². The monoisotopic (exact) mass is 172 g/mol. The maximum Gasteiger partial charge on any atom is 0.223 e. The Balaban J connectivity index is 3.26. The molecular weight excluding hydrogens is 152 g/mol. The zero-order chi connectivity index (χ0) is 9.56. The Labute approximate surface area is 75.1 Å². The Morgan fingerprint density at radius 2 is 2.00 bits per heavy atom. The quantitative estimate of drug-likeness (QED) is 0.619. The lowest BCUT2D eigenvalue weighted by atomic mass is 10.2. The van der Waals surface area contributed by atoms with Gasteiger partial charge in [-0.3, -0.25) is 4.79 Å². The van der Waals surface area contributed by atoms with Gasteiger partial charge in [-0.2, -0.15) is 0 Å². The van der Waals surface area contributed by atoms with Crippen molar-refractivity contribution in [2.45, 2.75) is 20.3 Å². The van der Waals surface area contributed by atoms with E-state index >= 15 is 0 Å². The second kappa shape index (κ2) is 6.00. The van der Waals surface area contributed by atoms with E-state index in [1.165, 1.54) is 0 Å². The summed E-state index contributed by atoms with van der Waals surface area (Å²) in [5.41, 5.74) is 0. The highest BCUT2D eigenvalue weighted by molar-refractivity contribution is 5.75. The number of hydrogen-bond acceptors (Lipinski definition) is 2. The number of carbonyl (C=O) groups is 1. The van der Waals surface area contributed by atoms with Crippen LogP contribution in [0, 0.1) is 5.92 Å². The standard InChI is InChI=1S/C9H20N2O/c1-8(2)7-10-6-5-9(12)11(3)4/h8,10H,5-7H2,1-4H3. The third kappa shape index (κ3) is 6.16. The van der Waals surface area contributed by atoms with Crippen LogP contribution < -0.4 is 5.32 Å². The van der Waals surface area contributed by atoms with Gasteiger partial charge in [0, 0.05) is 27.1 Å². The molecule has 0 saturated carbocycles. The Hall–Kier alpha value is -0.570. The lowest BCUT2D eigenvalue weighted by Gasteiger charge is -2.11. The summed E-state index contributed by atoms with van der Waals surface area (Å²) in [6.07, 6.45) is 0.597. The molecule has 0 aliphatic carbocycles. The van der Waals surface area contributed by atoms with Gasteiger partial charge in [0.15, 0.2) is 0 Å². The van der Waals surface area contributed by atoms with Crippen molar-refractivity contribution in [3.8, 4) is 0 Å². The first-order chi connectivity index (χ1) is 5.54. The van der Waals surface area contributed by atoms with Crippen LogP contribution in [0.2, 0.25) is 0 Å². The van der Waals surface area contributed by atoms with Gasteiger partial charge in [-0.25, -0.2) is 0 Å². The molecular formula is C9H20N2O. The first-order valence-electron chi connectivity index (χ1n) is 4.45. The highest BCUT2D eigenvalue weighted by Crippen LogP contribution is 1.88. The topological polar surface area (TPSA) is 32.3 Å². The van der Waals surface area contributed by atoms with E-state index in [0.29, 0.717) is 12.3 Å². The first kappa shape index (κ1) is 11.4. The SMILES string of the molecule is CC(C)CNCCC(=O)N(C)C. The zero-order valence-corrected chi connectivity index (χ0v) is 8.55. The van der Waals surface area contributed by atoms with Crippen LogP contribution in [0.5, 0.6) is 0 Å². The summed E-state index contributed by atoms with van der Waals surface area (Å²) in [6, 6.07) is 0. The van der Waals surface area contributed by atoms with Gasteiger partial charge < -0.3 is 10.2 Å².